The standard InChI is InChI=1S/C25H23N5O2S/c1-29(17-23(31)27-21-12-6-7-13-22(21)33-2)25(32)20-16-30(19-10-4-3-5-11-19)28-24(20)18-9-8-14-26-15-18/h3-16H,17H2,1-2H3,(H,27,31). The van der Waals surface area contributed by atoms with Crippen LogP contribution >= 0.6 is 11.8 Å². The van der Waals surface area contributed by atoms with Gasteiger partial charge >= 0.3 is 0 Å². The van der Waals surface area contributed by atoms with Crippen molar-refractivity contribution in [3.8, 4) is 16.9 Å². The molecule has 0 unspecified atom stereocenters. The second-order valence-electron chi connectivity index (χ2n) is 7.32. The third-order valence-electron chi connectivity index (χ3n) is 5.01. The van der Waals surface area contributed by atoms with Gasteiger partial charge in [-0.3, -0.25) is 14.6 Å². The molecular formula is C25H23N5O2S. The molecule has 0 aliphatic heterocycles. The molecule has 0 saturated carbocycles. The van der Waals surface area contributed by atoms with Gasteiger partial charge in [-0.1, -0.05) is 30.3 Å². The van der Waals surface area contributed by atoms with Gasteiger partial charge in [-0.05, 0) is 42.7 Å². The average Bonchev–Trinajstić information content (AvgIpc) is 3.30. The van der Waals surface area contributed by atoms with E-state index in [0.29, 0.717) is 11.3 Å². The molecule has 0 saturated heterocycles. The zero-order valence-electron chi connectivity index (χ0n) is 18.3. The molecule has 33 heavy (non-hydrogen) atoms. The van der Waals surface area contributed by atoms with Gasteiger partial charge in [-0.25, -0.2) is 4.68 Å². The number of pyridine rings is 1. The molecule has 0 atom stereocenters. The largest absolute Gasteiger partial charge is 0.332 e. The molecule has 1 N–H and O–H groups in total. The lowest BCUT2D eigenvalue weighted by atomic mass is 10.1. The maximum atomic E-state index is 13.4. The first kappa shape index (κ1) is 22.3. The van der Waals surface area contributed by atoms with Crippen LogP contribution in [0.3, 0.4) is 0 Å². The van der Waals surface area contributed by atoms with E-state index in [-0.39, 0.29) is 18.4 Å². The van der Waals surface area contributed by atoms with Crippen molar-refractivity contribution < 1.29 is 9.59 Å². The fourth-order valence-electron chi connectivity index (χ4n) is 3.39. The molecule has 166 valence electrons. The summed E-state index contributed by atoms with van der Waals surface area (Å²) < 4.78 is 1.66. The number of aromatic nitrogens is 3. The van der Waals surface area contributed by atoms with Crippen molar-refractivity contribution in [2.24, 2.45) is 0 Å². The number of hydrogen-bond donors (Lipinski definition) is 1. The number of nitrogens with zero attached hydrogens (tertiary/aromatic N) is 4. The highest BCUT2D eigenvalue weighted by Crippen LogP contribution is 2.26. The Kier molecular flexibility index (Phi) is 6.85. The molecule has 2 heterocycles. The number of carbonyl (C=O) groups excluding carboxylic acids is 2. The van der Waals surface area contributed by atoms with Gasteiger partial charge in [0.1, 0.15) is 5.69 Å². The lowest BCUT2D eigenvalue weighted by Crippen LogP contribution is -2.35. The van der Waals surface area contributed by atoms with Crippen molar-refractivity contribution in [3.05, 3.63) is 90.9 Å². The highest BCUT2D eigenvalue weighted by molar-refractivity contribution is 7.98. The van der Waals surface area contributed by atoms with Crippen LogP contribution in [0.2, 0.25) is 0 Å². The van der Waals surface area contributed by atoms with Crippen molar-refractivity contribution >= 4 is 29.3 Å². The number of likely N-dealkylation sites (N-methyl/N-ethyl adjacent to an activating group) is 1. The Labute approximate surface area is 196 Å². The third-order valence-corrected chi connectivity index (χ3v) is 5.80. The molecule has 2 amide bonds. The fourth-order valence-corrected chi connectivity index (χ4v) is 3.94. The summed E-state index contributed by atoms with van der Waals surface area (Å²) in [5, 5.41) is 7.54. The van der Waals surface area contributed by atoms with Gasteiger partial charge in [0.15, 0.2) is 0 Å². The summed E-state index contributed by atoms with van der Waals surface area (Å²) >= 11 is 1.55. The Bertz CT molecular complexity index is 1260. The fraction of sp³-hybridized carbons (Fsp3) is 0.120. The van der Waals surface area contributed by atoms with Gasteiger partial charge in [0.2, 0.25) is 5.91 Å². The molecule has 2 aromatic carbocycles. The SMILES string of the molecule is CSc1ccccc1NC(=O)CN(C)C(=O)c1cn(-c2ccccc2)nc1-c1cccnc1. The Morgan fingerprint density at radius 3 is 2.52 bits per heavy atom. The van der Waals surface area contributed by atoms with E-state index in [4.69, 9.17) is 0 Å². The summed E-state index contributed by atoms with van der Waals surface area (Å²) in [5.74, 6) is -0.574. The van der Waals surface area contributed by atoms with Crippen LogP contribution in [0.15, 0.2) is 90.2 Å². The van der Waals surface area contributed by atoms with Crippen LogP contribution in [0.5, 0.6) is 0 Å². The Morgan fingerprint density at radius 2 is 1.79 bits per heavy atom. The number of rotatable bonds is 7. The minimum Gasteiger partial charge on any atom is -0.332 e. The van der Waals surface area contributed by atoms with E-state index in [9.17, 15) is 9.59 Å². The minimum atomic E-state index is -0.302. The lowest BCUT2D eigenvalue weighted by molar-refractivity contribution is -0.116. The third kappa shape index (κ3) is 5.12. The highest BCUT2D eigenvalue weighted by atomic mass is 32.2. The van der Waals surface area contributed by atoms with Crippen molar-refractivity contribution in [1.82, 2.24) is 19.7 Å². The van der Waals surface area contributed by atoms with Gasteiger partial charge in [0.05, 0.1) is 23.5 Å². The van der Waals surface area contributed by atoms with Gasteiger partial charge in [0.25, 0.3) is 5.91 Å². The van der Waals surface area contributed by atoms with Crippen LogP contribution in [0, 0.1) is 0 Å². The van der Waals surface area contributed by atoms with Gasteiger partial charge in [0, 0.05) is 36.1 Å². The number of thioether (sulfide) groups is 1. The normalized spacial score (nSPS) is 10.6. The van der Waals surface area contributed by atoms with Crippen molar-refractivity contribution in [3.63, 3.8) is 0 Å². The lowest BCUT2D eigenvalue weighted by Gasteiger charge is -2.17. The molecule has 0 aliphatic rings. The summed E-state index contributed by atoms with van der Waals surface area (Å²) in [7, 11) is 1.61. The number of amides is 2. The van der Waals surface area contributed by atoms with Gasteiger partial charge in [-0.2, -0.15) is 5.10 Å². The molecule has 0 radical (unpaired) electrons. The van der Waals surface area contributed by atoms with Crippen molar-refractivity contribution in [1.29, 1.82) is 0 Å². The van der Waals surface area contributed by atoms with E-state index in [2.05, 4.69) is 15.4 Å². The molecule has 4 rings (SSSR count). The number of benzene rings is 2. The second-order valence-corrected chi connectivity index (χ2v) is 8.17. The van der Waals surface area contributed by atoms with Gasteiger partial charge < -0.3 is 10.2 Å². The minimum absolute atomic E-state index is 0.0927. The number of para-hydroxylation sites is 2. The summed E-state index contributed by atoms with van der Waals surface area (Å²) in [6.07, 6.45) is 6.98. The summed E-state index contributed by atoms with van der Waals surface area (Å²) in [4.78, 5) is 32.5. The number of anilines is 1. The monoisotopic (exact) mass is 457 g/mol. The Hall–Kier alpha value is -3.91. The maximum absolute atomic E-state index is 13.4. The zero-order valence-corrected chi connectivity index (χ0v) is 19.1. The van der Waals surface area contributed by atoms with Crippen molar-refractivity contribution in [2.45, 2.75) is 4.90 Å². The summed E-state index contributed by atoms with van der Waals surface area (Å²) in [6, 6.07) is 20.8. The molecule has 7 nitrogen and oxygen atoms in total. The first-order chi connectivity index (χ1) is 16.1. The molecular weight excluding hydrogens is 434 g/mol. The molecule has 0 bridgehead atoms. The molecule has 0 spiro atoms. The zero-order chi connectivity index (χ0) is 23.2. The van der Waals surface area contributed by atoms with Crippen LogP contribution in [0.4, 0.5) is 5.69 Å². The van der Waals surface area contributed by atoms with Crippen molar-refractivity contribution in [2.75, 3.05) is 25.2 Å². The second kappa shape index (κ2) is 10.1. The van der Waals surface area contributed by atoms with E-state index >= 15 is 0 Å². The van der Waals surface area contributed by atoms with Crippen LogP contribution < -0.4 is 5.32 Å². The van der Waals surface area contributed by atoms with Gasteiger partial charge in [-0.15, -0.1) is 11.8 Å². The van der Waals surface area contributed by atoms with E-state index < -0.39 is 0 Å². The quantitative estimate of drug-likeness (QED) is 0.417. The smallest absolute Gasteiger partial charge is 0.257 e. The van der Waals surface area contributed by atoms with E-state index in [1.807, 2.05) is 66.9 Å². The maximum Gasteiger partial charge on any atom is 0.257 e. The molecule has 0 fully saturated rings. The predicted octanol–water partition coefficient (Wildman–Crippen LogP) is 4.37. The van der Waals surface area contributed by atoms with E-state index in [0.717, 1.165) is 21.8 Å². The first-order valence-corrected chi connectivity index (χ1v) is 11.5. The summed E-state index contributed by atoms with van der Waals surface area (Å²) in [6.45, 7) is -0.0927. The van der Waals surface area contributed by atoms with Crippen LogP contribution in [0.1, 0.15) is 10.4 Å². The molecule has 0 aliphatic carbocycles. The average molecular weight is 458 g/mol. The predicted molar refractivity (Wildman–Crippen MR) is 131 cm³/mol. The Morgan fingerprint density at radius 1 is 1.03 bits per heavy atom. The van der Waals surface area contributed by atoms with Crippen LogP contribution in [-0.4, -0.2) is 51.3 Å². The topological polar surface area (TPSA) is 80.1 Å². The van der Waals surface area contributed by atoms with E-state index in [1.165, 1.54) is 4.90 Å². The molecule has 8 heteroatoms. The highest BCUT2D eigenvalue weighted by Gasteiger charge is 2.23. The van der Waals surface area contributed by atoms with Crippen LogP contribution in [-0.2, 0) is 4.79 Å². The number of hydrogen-bond acceptors (Lipinski definition) is 5. The number of nitrogens with one attached hydrogen (secondary N) is 1. The number of carbonyl (C=O) groups is 2. The molecule has 4 aromatic rings. The summed E-state index contributed by atoms with van der Waals surface area (Å²) in [5.41, 5.74) is 3.19. The van der Waals surface area contributed by atoms with E-state index in [1.54, 1.807) is 48.1 Å². The molecule has 2 aromatic heterocycles. The first-order valence-electron chi connectivity index (χ1n) is 10.3. The van der Waals surface area contributed by atoms with Crippen LogP contribution in [0.25, 0.3) is 16.9 Å². The Balaban J connectivity index is 1.59.